The van der Waals surface area contributed by atoms with Crippen LogP contribution in [0.2, 0.25) is 0 Å². The molecule has 0 fully saturated rings. The smallest absolute Gasteiger partial charge is 0.203 e. The van der Waals surface area contributed by atoms with Crippen molar-refractivity contribution in [2.75, 3.05) is 21.3 Å². The minimum Gasteiger partial charge on any atom is -0.493 e. The Kier molecular flexibility index (Phi) is 5.89. The first-order chi connectivity index (χ1) is 11.6. The van der Waals surface area contributed by atoms with Gasteiger partial charge < -0.3 is 14.2 Å². The van der Waals surface area contributed by atoms with Crippen LogP contribution in [0.15, 0.2) is 46.6 Å². The Morgan fingerprint density at radius 3 is 2.04 bits per heavy atom. The van der Waals surface area contributed by atoms with Crippen LogP contribution in [0.5, 0.6) is 17.2 Å². The third-order valence-corrected chi connectivity index (χ3v) is 3.36. The number of rotatable bonds is 6. The first-order valence-electron chi connectivity index (χ1n) is 7.22. The molecule has 6 heteroatoms. The molecule has 0 saturated carbocycles. The molecule has 5 nitrogen and oxygen atoms in total. The van der Waals surface area contributed by atoms with Crippen LogP contribution in [0.1, 0.15) is 18.1 Å². The lowest BCUT2D eigenvalue weighted by Gasteiger charge is -2.12. The second-order valence-corrected chi connectivity index (χ2v) is 4.90. The monoisotopic (exact) mass is 330 g/mol. The van der Waals surface area contributed by atoms with E-state index in [4.69, 9.17) is 14.2 Å². The molecule has 24 heavy (non-hydrogen) atoms. The van der Waals surface area contributed by atoms with Gasteiger partial charge in [0, 0.05) is 5.56 Å². The van der Waals surface area contributed by atoms with Gasteiger partial charge in [-0.25, -0.2) is 4.39 Å². The lowest BCUT2D eigenvalue weighted by Crippen LogP contribution is -1.97. The fourth-order valence-electron chi connectivity index (χ4n) is 2.11. The van der Waals surface area contributed by atoms with Crippen LogP contribution in [0.25, 0.3) is 0 Å². The molecular weight excluding hydrogens is 311 g/mol. The summed E-state index contributed by atoms with van der Waals surface area (Å²) in [6.45, 7) is 1.81. The van der Waals surface area contributed by atoms with Crippen LogP contribution in [0.4, 0.5) is 4.39 Å². The van der Waals surface area contributed by atoms with Crippen LogP contribution in [-0.4, -0.2) is 33.3 Å². The van der Waals surface area contributed by atoms with Crippen LogP contribution >= 0.6 is 0 Å². The Hall–Kier alpha value is -2.89. The lowest BCUT2D eigenvalue weighted by molar-refractivity contribution is 0.324. The topological polar surface area (TPSA) is 52.4 Å². The van der Waals surface area contributed by atoms with Gasteiger partial charge in [0.2, 0.25) is 5.75 Å². The van der Waals surface area contributed by atoms with E-state index in [1.54, 1.807) is 58.7 Å². The molecule has 0 amide bonds. The standard InChI is InChI=1S/C18H19FN2O3/c1-12(14-5-7-15(19)8-6-14)21-20-11-13-9-16(22-2)18(24-4)17(10-13)23-3/h5-11H,1-4H3. The number of methoxy groups -OCH3 is 3. The van der Waals surface area contributed by atoms with Crippen molar-refractivity contribution in [3.05, 3.63) is 53.3 Å². The number of ether oxygens (including phenoxy) is 3. The molecule has 126 valence electrons. The highest BCUT2D eigenvalue weighted by molar-refractivity contribution is 5.99. The molecular formula is C18H19FN2O3. The first-order valence-corrected chi connectivity index (χ1v) is 7.22. The second-order valence-electron chi connectivity index (χ2n) is 4.90. The summed E-state index contributed by atoms with van der Waals surface area (Å²) in [5.41, 5.74) is 2.23. The van der Waals surface area contributed by atoms with E-state index in [9.17, 15) is 4.39 Å². The highest BCUT2D eigenvalue weighted by Gasteiger charge is 2.12. The summed E-state index contributed by atoms with van der Waals surface area (Å²) in [6.07, 6.45) is 1.58. The van der Waals surface area contributed by atoms with Crippen molar-refractivity contribution in [2.45, 2.75) is 6.92 Å². The molecule has 0 saturated heterocycles. The SMILES string of the molecule is COc1cc(C=NN=C(C)c2ccc(F)cc2)cc(OC)c1OC. The normalized spacial score (nSPS) is 11.6. The van der Waals surface area contributed by atoms with Gasteiger partial charge in [-0.3, -0.25) is 0 Å². The molecule has 0 aliphatic carbocycles. The van der Waals surface area contributed by atoms with Crippen molar-refractivity contribution >= 4 is 11.9 Å². The molecule has 0 unspecified atom stereocenters. The van der Waals surface area contributed by atoms with Crippen molar-refractivity contribution in [1.29, 1.82) is 0 Å². The number of benzene rings is 2. The van der Waals surface area contributed by atoms with E-state index in [0.29, 0.717) is 23.0 Å². The number of nitrogens with zero attached hydrogens (tertiary/aromatic N) is 2. The quantitative estimate of drug-likeness (QED) is 0.599. The van der Waals surface area contributed by atoms with Crippen LogP contribution in [0, 0.1) is 5.82 Å². The molecule has 0 radical (unpaired) electrons. The zero-order chi connectivity index (χ0) is 17.5. The largest absolute Gasteiger partial charge is 0.493 e. The summed E-state index contributed by atoms with van der Waals surface area (Å²) < 4.78 is 28.8. The molecule has 0 spiro atoms. The third-order valence-electron chi connectivity index (χ3n) is 3.36. The van der Waals surface area contributed by atoms with Crippen molar-refractivity contribution in [2.24, 2.45) is 10.2 Å². The Morgan fingerprint density at radius 1 is 0.958 bits per heavy atom. The lowest BCUT2D eigenvalue weighted by atomic mass is 10.1. The van der Waals surface area contributed by atoms with Gasteiger partial charge in [-0.2, -0.15) is 10.2 Å². The predicted octanol–water partition coefficient (Wildman–Crippen LogP) is 3.69. The van der Waals surface area contributed by atoms with Gasteiger partial charge in [-0.05, 0) is 36.8 Å². The maximum Gasteiger partial charge on any atom is 0.203 e. The highest BCUT2D eigenvalue weighted by atomic mass is 19.1. The molecule has 2 rings (SSSR count). The summed E-state index contributed by atoms with van der Waals surface area (Å²) in [5, 5.41) is 8.19. The average molecular weight is 330 g/mol. The first kappa shape index (κ1) is 17.5. The molecule has 2 aromatic rings. The van der Waals surface area contributed by atoms with E-state index in [2.05, 4.69) is 10.2 Å². The van der Waals surface area contributed by atoms with E-state index < -0.39 is 0 Å². The van der Waals surface area contributed by atoms with Gasteiger partial charge in [-0.1, -0.05) is 12.1 Å². The van der Waals surface area contributed by atoms with E-state index in [-0.39, 0.29) is 5.82 Å². The van der Waals surface area contributed by atoms with Gasteiger partial charge in [0.1, 0.15) is 5.82 Å². The molecule has 2 aromatic carbocycles. The number of hydrogen-bond donors (Lipinski definition) is 0. The second kappa shape index (κ2) is 8.10. The molecule has 0 bridgehead atoms. The fourth-order valence-corrected chi connectivity index (χ4v) is 2.11. The van der Waals surface area contributed by atoms with E-state index >= 15 is 0 Å². The van der Waals surface area contributed by atoms with E-state index in [1.165, 1.54) is 12.1 Å². The zero-order valence-electron chi connectivity index (χ0n) is 14.0. The average Bonchev–Trinajstić information content (AvgIpc) is 2.61. The minimum absolute atomic E-state index is 0.285. The summed E-state index contributed by atoms with van der Waals surface area (Å²) >= 11 is 0. The zero-order valence-corrected chi connectivity index (χ0v) is 14.0. The minimum atomic E-state index is -0.285. The van der Waals surface area contributed by atoms with Gasteiger partial charge in [-0.15, -0.1) is 0 Å². The molecule has 0 aromatic heterocycles. The fraction of sp³-hybridized carbons (Fsp3) is 0.222. The van der Waals surface area contributed by atoms with Gasteiger partial charge in [0.25, 0.3) is 0 Å². The van der Waals surface area contributed by atoms with Crippen molar-refractivity contribution in [3.63, 3.8) is 0 Å². The van der Waals surface area contributed by atoms with Gasteiger partial charge >= 0.3 is 0 Å². The molecule has 0 aliphatic heterocycles. The van der Waals surface area contributed by atoms with E-state index in [0.717, 1.165) is 11.1 Å². The summed E-state index contributed by atoms with van der Waals surface area (Å²) in [6, 6.07) is 9.63. The van der Waals surface area contributed by atoms with Crippen molar-refractivity contribution in [3.8, 4) is 17.2 Å². The molecule has 0 aliphatic rings. The van der Waals surface area contributed by atoms with Crippen LogP contribution in [0.3, 0.4) is 0 Å². The summed E-state index contributed by atoms with van der Waals surface area (Å²) in [5.74, 6) is 1.31. The maximum atomic E-state index is 12.9. The number of halogens is 1. The Labute approximate surface area is 140 Å². The predicted molar refractivity (Wildman–Crippen MR) is 92.3 cm³/mol. The van der Waals surface area contributed by atoms with Crippen molar-refractivity contribution < 1.29 is 18.6 Å². The molecule has 0 N–H and O–H groups in total. The van der Waals surface area contributed by atoms with E-state index in [1.807, 2.05) is 0 Å². The van der Waals surface area contributed by atoms with Gasteiger partial charge in [0.05, 0.1) is 33.3 Å². The highest BCUT2D eigenvalue weighted by Crippen LogP contribution is 2.37. The molecule has 0 atom stereocenters. The third kappa shape index (κ3) is 4.10. The summed E-state index contributed by atoms with van der Waals surface area (Å²) in [7, 11) is 4.65. The Bertz CT molecular complexity index is 730. The Morgan fingerprint density at radius 2 is 1.54 bits per heavy atom. The van der Waals surface area contributed by atoms with Crippen molar-refractivity contribution in [1.82, 2.24) is 0 Å². The van der Waals surface area contributed by atoms with Crippen LogP contribution < -0.4 is 14.2 Å². The van der Waals surface area contributed by atoms with Gasteiger partial charge in [0.15, 0.2) is 11.5 Å². The number of hydrogen-bond acceptors (Lipinski definition) is 5. The summed E-state index contributed by atoms with van der Waals surface area (Å²) in [4.78, 5) is 0. The Balaban J connectivity index is 2.25. The maximum absolute atomic E-state index is 12.9. The molecule has 0 heterocycles. The van der Waals surface area contributed by atoms with Crippen LogP contribution in [-0.2, 0) is 0 Å².